The van der Waals surface area contributed by atoms with Crippen molar-refractivity contribution in [2.24, 2.45) is 12.2 Å². The van der Waals surface area contributed by atoms with E-state index in [1.54, 1.807) is 0 Å². The fraction of sp³-hybridized carbons (Fsp3) is 0.571. The van der Waals surface area contributed by atoms with Crippen LogP contribution < -0.4 is 9.86 Å². The standard InChI is InChI=1S/C7H14N4O6S3/c1-11-5-6(20(8,16)17)7(9-11)10-19(14,15)4-3-18(2,12)13/h5H,3-4H2,1-2H3,(H,9,10)(H2,8,16,17). The van der Waals surface area contributed by atoms with Crippen LogP contribution in [-0.2, 0) is 36.9 Å². The van der Waals surface area contributed by atoms with Crippen molar-refractivity contribution in [3.8, 4) is 0 Å². The summed E-state index contributed by atoms with van der Waals surface area (Å²) in [5, 5.41) is 8.55. The molecular weight excluding hydrogens is 332 g/mol. The number of primary sulfonamides is 1. The lowest BCUT2D eigenvalue weighted by Gasteiger charge is -2.06. The van der Waals surface area contributed by atoms with E-state index in [-0.39, 0.29) is 0 Å². The molecule has 0 fully saturated rings. The smallest absolute Gasteiger partial charge is 0.243 e. The molecule has 20 heavy (non-hydrogen) atoms. The number of nitrogens with one attached hydrogen (secondary N) is 1. The number of hydrogen-bond acceptors (Lipinski definition) is 7. The predicted octanol–water partition coefficient (Wildman–Crippen LogP) is -2.15. The highest BCUT2D eigenvalue weighted by Gasteiger charge is 2.23. The molecule has 116 valence electrons. The van der Waals surface area contributed by atoms with E-state index in [0.29, 0.717) is 0 Å². The summed E-state index contributed by atoms with van der Waals surface area (Å²) in [6.45, 7) is 0. The van der Waals surface area contributed by atoms with Gasteiger partial charge in [0.1, 0.15) is 14.7 Å². The van der Waals surface area contributed by atoms with E-state index in [1.807, 2.05) is 4.72 Å². The minimum Gasteiger partial charge on any atom is -0.272 e. The molecule has 0 aromatic carbocycles. The van der Waals surface area contributed by atoms with Gasteiger partial charge in [-0.15, -0.1) is 0 Å². The number of aryl methyl sites for hydroxylation is 1. The second kappa shape index (κ2) is 5.31. The summed E-state index contributed by atoms with van der Waals surface area (Å²) < 4.78 is 70.7. The topological polar surface area (TPSA) is 158 Å². The highest BCUT2D eigenvalue weighted by molar-refractivity contribution is 7.95. The summed E-state index contributed by atoms with van der Waals surface area (Å²) in [5.74, 6) is -1.78. The van der Waals surface area contributed by atoms with E-state index in [9.17, 15) is 25.3 Å². The Kier molecular flexibility index (Phi) is 4.48. The van der Waals surface area contributed by atoms with Crippen molar-refractivity contribution in [2.75, 3.05) is 22.5 Å². The zero-order chi connectivity index (χ0) is 15.8. The van der Waals surface area contributed by atoms with Crippen molar-refractivity contribution in [1.29, 1.82) is 0 Å². The van der Waals surface area contributed by atoms with Crippen LogP contribution in [0.4, 0.5) is 5.82 Å². The van der Waals surface area contributed by atoms with Gasteiger partial charge in [0, 0.05) is 19.5 Å². The maximum atomic E-state index is 11.7. The number of anilines is 1. The molecule has 0 aliphatic carbocycles. The zero-order valence-corrected chi connectivity index (χ0v) is 13.1. The van der Waals surface area contributed by atoms with Crippen LogP contribution in [0.15, 0.2) is 11.1 Å². The third kappa shape index (κ3) is 5.07. The Morgan fingerprint density at radius 3 is 2.20 bits per heavy atom. The van der Waals surface area contributed by atoms with Crippen LogP contribution in [0.5, 0.6) is 0 Å². The van der Waals surface area contributed by atoms with Gasteiger partial charge in [0.2, 0.25) is 20.0 Å². The van der Waals surface area contributed by atoms with Crippen molar-refractivity contribution >= 4 is 35.7 Å². The van der Waals surface area contributed by atoms with E-state index in [4.69, 9.17) is 5.14 Å². The van der Waals surface area contributed by atoms with Crippen molar-refractivity contribution in [1.82, 2.24) is 9.78 Å². The minimum atomic E-state index is -4.16. The van der Waals surface area contributed by atoms with E-state index in [1.165, 1.54) is 7.05 Å². The molecule has 0 aliphatic rings. The molecule has 0 saturated carbocycles. The van der Waals surface area contributed by atoms with E-state index < -0.39 is 52.1 Å². The molecule has 1 rings (SSSR count). The van der Waals surface area contributed by atoms with Crippen molar-refractivity contribution in [3.63, 3.8) is 0 Å². The lowest BCUT2D eigenvalue weighted by Crippen LogP contribution is -2.24. The van der Waals surface area contributed by atoms with Gasteiger partial charge in [-0.2, -0.15) is 5.10 Å². The van der Waals surface area contributed by atoms with Gasteiger partial charge in [0.05, 0.1) is 11.5 Å². The Morgan fingerprint density at radius 2 is 1.75 bits per heavy atom. The van der Waals surface area contributed by atoms with Crippen molar-refractivity contribution in [3.05, 3.63) is 6.20 Å². The Morgan fingerprint density at radius 1 is 1.20 bits per heavy atom. The van der Waals surface area contributed by atoms with Gasteiger partial charge in [-0.3, -0.25) is 9.40 Å². The molecule has 1 aromatic heterocycles. The van der Waals surface area contributed by atoms with Crippen LogP contribution in [0.3, 0.4) is 0 Å². The SMILES string of the molecule is Cn1cc(S(N)(=O)=O)c(NS(=O)(=O)CCS(C)(=O)=O)n1. The molecule has 0 bridgehead atoms. The van der Waals surface area contributed by atoms with E-state index >= 15 is 0 Å². The third-order valence-corrected chi connectivity index (χ3v) is 5.44. The summed E-state index contributed by atoms with van der Waals surface area (Å²) in [4.78, 5) is -0.497. The monoisotopic (exact) mass is 346 g/mol. The summed E-state index contributed by atoms with van der Waals surface area (Å²) in [6.07, 6.45) is 1.92. The molecular formula is C7H14N4O6S3. The number of sulfonamides is 2. The molecule has 1 heterocycles. The zero-order valence-electron chi connectivity index (χ0n) is 10.6. The van der Waals surface area contributed by atoms with Gasteiger partial charge >= 0.3 is 0 Å². The first-order valence-corrected chi connectivity index (χ1v) is 10.3. The number of rotatable bonds is 6. The molecule has 0 radical (unpaired) electrons. The number of sulfone groups is 1. The molecule has 0 saturated heterocycles. The Balaban J connectivity index is 3.05. The van der Waals surface area contributed by atoms with Crippen LogP contribution in [0.1, 0.15) is 0 Å². The van der Waals surface area contributed by atoms with E-state index in [2.05, 4.69) is 5.10 Å². The Hall–Kier alpha value is -1.18. The third-order valence-electron chi connectivity index (χ3n) is 2.08. The van der Waals surface area contributed by atoms with Crippen molar-refractivity contribution < 1.29 is 25.3 Å². The van der Waals surface area contributed by atoms with Gasteiger partial charge in [-0.25, -0.2) is 30.4 Å². The minimum absolute atomic E-state index is 0.469. The van der Waals surface area contributed by atoms with Crippen LogP contribution in [0.2, 0.25) is 0 Å². The van der Waals surface area contributed by atoms with E-state index in [0.717, 1.165) is 17.1 Å². The second-order valence-corrected chi connectivity index (χ2v) is 9.74. The lowest BCUT2D eigenvalue weighted by atomic mass is 10.7. The van der Waals surface area contributed by atoms with Crippen molar-refractivity contribution in [2.45, 2.75) is 4.90 Å². The largest absolute Gasteiger partial charge is 0.272 e. The molecule has 0 spiro atoms. The molecule has 10 nitrogen and oxygen atoms in total. The second-order valence-electron chi connectivity index (χ2n) is 4.11. The first-order valence-electron chi connectivity index (χ1n) is 5.05. The number of nitrogens with two attached hydrogens (primary N) is 1. The summed E-state index contributed by atoms with van der Waals surface area (Å²) in [7, 11) is -10.3. The lowest BCUT2D eigenvalue weighted by molar-refractivity contribution is 0.592. The first kappa shape index (κ1) is 16.9. The normalized spacial score (nSPS) is 13.3. The fourth-order valence-corrected chi connectivity index (χ4v) is 4.57. The number of aromatic nitrogens is 2. The quantitative estimate of drug-likeness (QED) is 0.594. The number of hydrogen-bond donors (Lipinski definition) is 2. The van der Waals surface area contributed by atoms with Crippen LogP contribution >= 0.6 is 0 Å². The first-order chi connectivity index (χ1) is 8.80. The highest BCUT2D eigenvalue weighted by Crippen LogP contribution is 2.18. The van der Waals surface area contributed by atoms with Crippen LogP contribution in [0, 0.1) is 0 Å². The molecule has 1 aromatic rings. The Labute approximate surface area is 117 Å². The summed E-state index contributed by atoms with van der Waals surface area (Å²) >= 11 is 0. The summed E-state index contributed by atoms with van der Waals surface area (Å²) in [6, 6.07) is 0. The summed E-state index contributed by atoms with van der Waals surface area (Å²) in [5.41, 5.74) is 0. The fourth-order valence-electron chi connectivity index (χ4n) is 1.21. The molecule has 3 N–H and O–H groups in total. The predicted molar refractivity (Wildman–Crippen MR) is 71.7 cm³/mol. The maximum Gasteiger partial charge on any atom is 0.243 e. The molecule has 0 atom stereocenters. The van der Waals surface area contributed by atoms with Crippen LogP contribution in [0.25, 0.3) is 0 Å². The Bertz CT molecular complexity index is 805. The van der Waals surface area contributed by atoms with Gasteiger partial charge in [-0.05, 0) is 0 Å². The van der Waals surface area contributed by atoms with Gasteiger partial charge in [0.25, 0.3) is 0 Å². The average Bonchev–Trinajstić information content (AvgIpc) is 2.54. The molecule has 13 heteroatoms. The highest BCUT2D eigenvalue weighted by atomic mass is 32.2. The van der Waals surface area contributed by atoms with Crippen LogP contribution in [-0.4, -0.2) is 52.8 Å². The molecule has 0 amide bonds. The maximum absolute atomic E-state index is 11.7. The van der Waals surface area contributed by atoms with Gasteiger partial charge in [-0.1, -0.05) is 0 Å². The molecule has 0 unspecified atom stereocenters. The van der Waals surface area contributed by atoms with Gasteiger partial charge in [0.15, 0.2) is 5.82 Å². The van der Waals surface area contributed by atoms with Gasteiger partial charge < -0.3 is 0 Å². The average molecular weight is 346 g/mol. The molecule has 0 aliphatic heterocycles. The number of nitrogens with zero attached hydrogens (tertiary/aromatic N) is 2.